The number of fused-ring (bicyclic) bond motifs is 2. The molecule has 1 amide bonds. The van der Waals surface area contributed by atoms with Gasteiger partial charge in [0, 0.05) is 18.7 Å². The number of carbonyl (C=O) groups excluding carboxylic acids is 2. The van der Waals surface area contributed by atoms with E-state index < -0.39 is 5.97 Å². The SMILES string of the molecule is CCOC(=O)c1c(N)n(CCNC(=O)c2cc(OC)c(OC)c(OC)c2)c2nc3ccccc3nc12. The molecule has 11 heteroatoms. The van der Waals surface area contributed by atoms with Crippen LogP contribution in [0.2, 0.25) is 0 Å². The van der Waals surface area contributed by atoms with Crippen LogP contribution >= 0.6 is 0 Å². The van der Waals surface area contributed by atoms with Crippen LogP contribution in [-0.2, 0) is 11.3 Å². The molecular formula is C25H27N5O6. The van der Waals surface area contributed by atoms with Gasteiger partial charge in [0.2, 0.25) is 5.75 Å². The van der Waals surface area contributed by atoms with Crippen LogP contribution in [0, 0.1) is 0 Å². The molecule has 3 N–H and O–H groups in total. The summed E-state index contributed by atoms with van der Waals surface area (Å²) in [6, 6.07) is 10.4. The minimum absolute atomic E-state index is 0.154. The average Bonchev–Trinajstić information content (AvgIpc) is 3.16. The number of aromatic nitrogens is 3. The summed E-state index contributed by atoms with van der Waals surface area (Å²) in [6.07, 6.45) is 0. The highest BCUT2D eigenvalue weighted by Crippen LogP contribution is 2.38. The molecule has 0 saturated carbocycles. The molecule has 36 heavy (non-hydrogen) atoms. The van der Waals surface area contributed by atoms with E-state index in [0.29, 0.717) is 45.0 Å². The molecule has 0 unspecified atom stereocenters. The van der Waals surface area contributed by atoms with Gasteiger partial charge in [0.15, 0.2) is 17.1 Å². The van der Waals surface area contributed by atoms with Crippen molar-refractivity contribution < 1.29 is 28.5 Å². The van der Waals surface area contributed by atoms with Gasteiger partial charge in [0.05, 0.1) is 39.0 Å². The quantitative estimate of drug-likeness (QED) is 0.337. The minimum Gasteiger partial charge on any atom is -0.493 e. The lowest BCUT2D eigenvalue weighted by Gasteiger charge is -2.14. The smallest absolute Gasteiger partial charge is 0.344 e. The van der Waals surface area contributed by atoms with E-state index in [4.69, 9.17) is 24.7 Å². The second kappa shape index (κ2) is 10.4. The third-order valence-electron chi connectivity index (χ3n) is 5.62. The Hall–Kier alpha value is -4.54. The Bertz CT molecular complexity index is 1420. The normalized spacial score (nSPS) is 10.9. The number of anilines is 1. The van der Waals surface area contributed by atoms with Gasteiger partial charge >= 0.3 is 5.97 Å². The van der Waals surface area contributed by atoms with E-state index in [-0.39, 0.29) is 37.0 Å². The standard InChI is InChI=1S/C25H27N5O6/c1-5-36-25(32)19-20-23(29-16-9-7-6-8-15(16)28-20)30(22(19)26)11-10-27-24(31)14-12-17(33-2)21(35-4)18(13-14)34-3/h6-9,12-13H,5,10-11,26H2,1-4H3,(H,27,31). The number of para-hydroxylation sites is 2. The van der Waals surface area contributed by atoms with Gasteiger partial charge in [-0.05, 0) is 31.2 Å². The zero-order chi connectivity index (χ0) is 25.8. The Morgan fingerprint density at radius 2 is 1.64 bits per heavy atom. The fourth-order valence-electron chi connectivity index (χ4n) is 3.94. The lowest BCUT2D eigenvalue weighted by molar-refractivity contribution is 0.0529. The molecule has 0 fully saturated rings. The van der Waals surface area contributed by atoms with E-state index in [1.807, 2.05) is 24.3 Å². The van der Waals surface area contributed by atoms with Crippen molar-refractivity contribution in [1.82, 2.24) is 19.9 Å². The van der Waals surface area contributed by atoms with Crippen LogP contribution in [0.5, 0.6) is 17.2 Å². The summed E-state index contributed by atoms with van der Waals surface area (Å²) < 4.78 is 22.8. The van der Waals surface area contributed by atoms with Crippen LogP contribution in [0.3, 0.4) is 0 Å². The van der Waals surface area contributed by atoms with Gasteiger partial charge < -0.3 is 34.6 Å². The maximum Gasteiger partial charge on any atom is 0.344 e. The first-order chi connectivity index (χ1) is 17.4. The molecule has 188 valence electrons. The van der Waals surface area contributed by atoms with E-state index in [1.54, 1.807) is 23.6 Å². The number of nitrogens with zero attached hydrogens (tertiary/aromatic N) is 3. The largest absolute Gasteiger partial charge is 0.493 e. The van der Waals surface area contributed by atoms with Gasteiger partial charge in [0.1, 0.15) is 16.9 Å². The van der Waals surface area contributed by atoms with Crippen molar-refractivity contribution in [2.45, 2.75) is 13.5 Å². The summed E-state index contributed by atoms with van der Waals surface area (Å²) >= 11 is 0. The van der Waals surface area contributed by atoms with Crippen LogP contribution in [0.1, 0.15) is 27.6 Å². The van der Waals surface area contributed by atoms with Crippen molar-refractivity contribution >= 4 is 39.9 Å². The Labute approximate surface area is 207 Å². The molecule has 0 bridgehead atoms. The predicted octanol–water partition coefficient (Wildman–Crippen LogP) is 2.80. The summed E-state index contributed by atoms with van der Waals surface area (Å²) in [6.45, 7) is 2.34. The number of amides is 1. The summed E-state index contributed by atoms with van der Waals surface area (Å²) in [5.41, 5.74) is 8.90. The molecular weight excluding hydrogens is 466 g/mol. The molecule has 0 saturated heterocycles. The average molecular weight is 494 g/mol. The Morgan fingerprint density at radius 1 is 1.00 bits per heavy atom. The molecule has 4 rings (SSSR count). The molecule has 2 aromatic carbocycles. The van der Waals surface area contributed by atoms with Crippen LogP contribution < -0.4 is 25.3 Å². The van der Waals surface area contributed by atoms with Crippen molar-refractivity contribution in [3.8, 4) is 17.2 Å². The summed E-state index contributed by atoms with van der Waals surface area (Å²) in [4.78, 5) is 34.9. The number of hydrogen-bond donors (Lipinski definition) is 2. The number of ether oxygens (including phenoxy) is 4. The lowest BCUT2D eigenvalue weighted by atomic mass is 10.1. The van der Waals surface area contributed by atoms with Crippen LogP contribution in [-0.4, -0.2) is 60.9 Å². The van der Waals surface area contributed by atoms with Gasteiger partial charge in [-0.25, -0.2) is 14.8 Å². The number of esters is 1. The van der Waals surface area contributed by atoms with E-state index >= 15 is 0 Å². The molecule has 0 aliphatic heterocycles. The maximum atomic E-state index is 12.9. The number of nitrogens with one attached hydrogen (secondary N) is 1. The van der Waals surface area contributed by atoms with Crippen molar-refractivity contribution in [2.24, 2.45) is 0 Å². The molecule has 2 aromatic heterocycles. The topological polar surface area (TPSA) is 140 Å². The second-order valence-corrected chi connectivity index (χ2v) is 7.69. The predicted molar refractivity (Wildman–Crippen MR) is 134 cm³/mol. The first-order valence-electron chi connectivity index (χ1n) is 11.2. The molecule has 0 radical (unpaired) electrons. The van der Waals surface area contributed by atoms with Crippen molar-refractivity contribution in [3.05, 3.63) is 47.5 Å². The zero-order valence-corrected chi connectivity index (χ0v) is 20.5. The van der Waals surface area contributed by atoms with Gasteiger partial charge in [-0.3, -0.25) is 4.79 Å². The first kappa shape index (κ1) is 24.6. The zero-order valence-electron chi connectivity index (χ0n) is 20.5. The lowest BCUT2D eigenvalue weighted by Crippen LogP contribution is -2.27. The summed E-state index contributed by atoms with van der Waals surface area (Å²) in [5.74, 6) is 0.352. The van der Waals surface area contributed by atoms with E-state index in [1.165, 1.54) is 21.3 Å². The van der Waals surface area contributed by atoms with E-state index in [9.17, 15) is 9.59 Å². The first-order valence-corrected chi connectivity index (χ1v) is 11.2. The van der Waals surface area contributed by atoms with Crippen molar-refractivity contribution in [2.75, 3.05) is 40.2 Å². The molecule has 0 aliphatic carbocycles. The molecule has 0 atom stereocenters. The molecule has 2 heterocycles. The number of hydrogen-bond acceptors (Lipinski definition) is 9. The van der Waals surface area contributed by atoms with Crippen LogP contribution in [0.15, 0.2) is 36.4 Å². The third-order valence-corrected chi connectivity index (χ3v) is 5.62. The second-order valence-electron chi connectivity index (χ2n) is 7.69. The monoisotopic (exact) mass is 493 g/mol. The van der Waals surface area contributed by atoms with Gasteiger partial charge in [0.25, 0.3) is 5.91 Å². The number of carbonyl (C=O) groups is 2. The fourth-order valence-corrected chi connectivity index (χ4v) is 3.94. The highest BCUT2D eigenvalue weighted by molar-refractivity contribution is 6.08. The summed E-state index contributed by atoms with van der Waals surface area (Å²) in [5, 5.41) is 2.85. The fraction of sp³-hybridized carbons (Fsp3) is 0.280. The number of methoxy groups -OCH3 is 3. The highest BCUT2D eigenvalue weighted by Gasteiger charge is 2.25. The molecule has 11 nitrogen and oxygen atoms in total. The number of benzene rings is 2. The van der Waals surface area contributed by atoms with Gasteiger partial charge in [-0.15, -0.1) is 0 Å². The summed E-state index contributed by atoms with van der Waals surface area (Å²) in [7, 11) is 4.44. The van der Waals surface area contributed by atoms with Crippen molar-refractivity contribution in [3.63, 3.8) is 0 Å². The maximum absolute atomic E-state index is 12.9. The van der Waals surface area contributed by atoms with Crippen molar-refractivity contribution in [1.29, 1.82) is 0 Å². The van der Waals surface area contributed by atoms with Crippen LogP contribution in [0.25, 0.3) is 22.2 Å². The number of rotatable bonds is 9. The molecule has 0 spiro atoms. The van der Waals surface area contributed by atoms with Gasteiger partial charge in [-0.2, -0.15) is 0 Å². The highest BCUT2D eigenvalue weighted by atomic mass is 16.5. The van der Waals surface area contributed by atoms with E-state index in [2.05, 4.69) is 15.3 Å². The molecule has 4 aromatic rings. The Kier molecular flexibility index (Phi) is 7.09. The van der Waals surface area contributed by atoms with E-state index in [0.717, 1.165) is 0 Å². The molecule has 0 aliphatic rings. The minimum atomic E-state index is -0.579. The third kappa shape index (κ3) is 4.42. The number of nitrogens with two attached hydrogens (primary N) is 1. The van der Waals surface area contributed by atoms with Crippen LogP contribution in [0.4, 0.5) is 5.82 Å². The number of nitrogen functional groups attached to an aromatic ring is 1. The van der Waals surface area contributed by atoms with Gasteiger partial charge in [-0.1, -0.05) is 12.1 Å². The Balaban J connectivity index is 1.64. The Morgan fingerprint density at radius 3 is 2.22 bits per heavy atom.